The highest BCUT2D eigenvalue weighted by atomic mass is 127. The molecule has 2 aromatic rings. The third-order valence-electron chi connectivity index (χ3n) is 3.40. The maximum absolute atomic E-state index is 4.59. The van der Waals surface area contributed by atoms with Crippen LogP contribution in [-0.4, -0.2) is 36.5 Å². The fourth-order valence-corrected chi connectivity index (χ4v) is 3.02. The monoisotopic (exact) mass is 444 g/mol. The van der Waals surface area contributed by atoms with Gasteiger partial charge in [-0.25, -0.2) is 4.98 Å². The first-order valence-electron chi connectivity index (χ1n) is 7.62. The van der Waals surface area contributed by atoms with Crippen LogP contribution in [-0.2, 0) is 19.4 Å². The molecule has 6 heteroatoms. The number of nitrogens with zero attached hydrogens (tertiary/aromatic N) is 3. The van der Waals surface area contributed by atoms with Gasteiger partial charge in [0.25, 0.3) is 0 Å². The van der Waals surface area contributed by atoms with Gasteiger partial charge in [-0.15, -0.1) is 35.3 Å². The van der Waals surface area contributed by atoms with Crippen LogP contribution < -0.4 is 5.32 Å². The van der Waals surface area contributed by atoms with Gasteiger partial charge in [-0.2, -0.15) is 0 Å². The average Bonchev–Trinajstić information content (AvgIpc) is 3.00. The predicted molar refractivity (Wildman–Crippen MR) is 110 cm³/mol. The fraction of sp³-hybridized carbons (Fsp3) is 0.412. The molecule has 0 aliphatic heterocycles. The SMILES string of the molecule is CCc1nc(CCNC(=NC)N(C)Cc2ccccc2)cs1.I. The zero-order chi connectivity index (χ0) is 15.8. The molecule has 2 rings (SSSR count). The van der Waals surface area contributed by atoms with Crippen LogP contribution in [0.1, 0.15) is 23.2 Å². The summed E-state index contributed by atoms with van der Waals surface area (Å²) in [6.45, 7) is 3.83. The third kappa shape index (κ3) is 6.47. The van der Waals surface area contributed by atoms with Gasteiger partial charge in [0.2, 0.25) is 0 Å². The minimum atomic E-state index is 0. The number of benzene rings is 1. The number of guanidine groups is 1. The van der Waals surface area contributed by atoms with Crippen molar-refractivity contribution in [1.29, 1.82) is 0 Å². The summed E-state index contributed by atoms with van der Waals surface area (Å²) in [6, 6.07) is 10.4. The van der Waals surface area contributed by atoms with Crippen molar-refractivity contribution in [2.24, 2.45) is 4.99 Å². The summed E-state index contributed by atoms with van der Waals surface area (Å²) in [4.78, 5) is 11.1. The van der Waals surface area contributed by atoms with Gasteiger partial charge in [0.05, 0.1) is 10.7 Å². The van der Waals surface area contributed by atoms with E-state index in [1.807, 2.05) is 13.1 Å². The van der Waals surface area contributed by atoms with Crippen LogP contribution in [0.5, 0.6) is 0 Å². The van der Waals surface area contributed by atoms with Crippen LogP contribution in [0.15, 0.2) is 40.7 Å². The Morgan fingerprint density at radius 2 is 2.04 bits per heavy atom. The molecule has 0 aliphatic rings. The van der Waals surface area contributed by atoms with Crippen LogP contribution in [0.4, 0.5) is 0 Å². The van der Waals surface area contributed by atoms with Crippen molar-refractivity contribution in [1.82, 2.24) is 15.2 Å². The Kier molecular flexibility index (Phi) is 9.16. The second kappa shape index (κ2) is 10.6. The van der Waals surface area contributed by atoms with Gasteiger partial charge >= 0.3 is 0 Å². The fourth-order valence-electron chi connectivity index (χ4n) is 2.25. The van der Waals surface area contributed by atoms with Gasteiger partial charge in [0.15, 0.2) is 5.96 Å². The molecule has 0 bridgehead atoms. The molecule has 0 aliphatic carbocycles. The van der Waals surface area contributed by atoms with Crippen molar-refractivity contribution in [2.45, 2.75) is 26.3 Å². The first kappa shape index (κ1) is 19.9. The summed E-state index contributed by atoms with van der Waals surface area (Å²) in [7, 11) is 3.88. The van der Waals surface area contributed by atoms with E-state index >= 15 is 0 Å². The van der Waals surface area contributed by atoms with E-state index in [-0.39, 0.29) is 24.0 Å². The first-order chi connectivity index (χ1) is 10.7. The van der Waals surface area contributed by atoms with Crippen LogP contribution in [0.25, 0.3) is 0 Å². The maximum atomic E-state index is 4.59. The van der Waals surface area contributed by atoms with Crippen molar-refractivity contribution in [3.8, 4) is 0 Å². The Bertz CT molecular complexity index is 598. The molecular formula is C17H25IN4S. The molecule has 0 amide bonds. The van der Waals surface area contributed by atoms with Gasteiger partial charge in [0.1, 0.15) is 0 Å². The number of aryl methyl sites for hydroxylation is 1. The highest BCUT2D eigenvalue weighted by molar-refractivity contribution is 14.0. The van der Waals surface area contributed by atoms with Crippen molar-refractivity contribution in [3.63, 3.8) is 0 Å². The van der Waals surface area contributed by atoms with Gasteiger partial charge in [0, 0.05) is 39.0 Å². The molecule has 1 aromatic carbocycles. The summed E-state index contributed by atoms with van der Waals surface area (Å²) in [5, 5.41) is 6.76. The summed E-state index contributed by atoms with van der Waals surface area (Å²) in [5.74, 6) is 0.912. The highest BCUT2D eigenvalue weighted by Gasteiger charge is 2.07. The molecule has 0 radical (unpaired) electrons. The summed E-state index contributed by atoms with van der Waals surface area (Å²) in [6.07, 6.45) is 1.94. The highest BCUT2D eigenvalue weighted by Crippen LogP contribution is 2.10. The molecule has 1 aromatic heterocycles. The summed E-state index contributed by atoms with van der Waals surface area (Å²) >= 11 is 1.74. The van der Waals surface area contributed by atoms with E-state index in [0.29, 0.717) is 0 Å². The molecule has 0 spiro atoms. The second-order valence-corrected chi connectivity index (χ2v) is 6.09. The van der Waals surface area contributed by atoms with E-state index in [4.69, 9.17) is 0 Å². The summed E-state index contributed by atoms with van der Waals surface area (Å²) in [5.41, 5.74) is 2.44. The molecular weight excluding hydrogens is 419 g/mol. The minimum absolute atomic E-state index is 0. The first-order valence-corrected chi connectivity index (χ1v) is 8.50. The molecule has 126 valence electrons. The van der Waals surface area contributed by atoms with Crippen molar-refractivity contribution in [2.75, 3.05) is 20.6 Å². The Balaban J connectivity index is 0.00000264. The van der Waals surface area contributed by atoms with E-state index in [9.17, 15) is 0 Å². The molecule has 0 saturated heterocycles. The van der Waals surface area contributed by atoms with Gasteiger partial charge in [-0.3, -0.25) is 4.99 Å². The van der Waals surface area contributed by atoms with Gasteiger partial charge in [-0.05, 0) is 12.0 Å². The molecule has 1 heterocycles. The smallest absolute Gasteiger partial charge is 0.193 e. The molecule has 23 heavy (non-hydrogen) atoms. The third-order valence-corrected chi connectivity index (χ3v) is 4.44. The van der Waals surface area contributed by atoms with Crippen LogP contribution in [0.3, 0.4) is 0 Å². The lowest BCUT2D eigenvalue weighted by Gasteiger charge is -2.22. The second-order valence-electron chi connectivity index (χ2n) is 5.15. The van der Waals surface area contributed by atoms with Crippen LogP contribution in [0, 0.1) is 0 Å². The average molecular weight is 444 g/mol. The molecule has 0 atom stereocenters. The van der Waals surface area contributed by atoms with Gasteiger partial charge < -0.3 is 10.2 Å². The van der Waals surface area contributed by atoms with E-state index in [0.717, 1.165) is 37.6 Å². The molecule has 0 fully saturated rings. The number of halogens is 1. The topological polar surface area (TPSA) is 40.5 Å². The number of hydrogen-bond donors (Lipinski definition) is 1. The number of rotatable bonds is 6. The Morgan fingerprint density at radius 3 is 2.65 bits per heavy atom. The molecule has 0 unspecified atom stereocenters. The van der Waals surface area contributed by atoms with Crippen molar-refractivity contribution < 1.29 is 0 Å². The lowest BCUT2D eigenvalue weighted by molar-refractivity contribution is 0.477. The molecule has 1 N–H and O–H groups in total. The number of thiazole rings is 1. The number of nitrogens with one attached hydrogen (secondary N) is 1. The predicted octanol–water partition coefficient (Wildman–Crippen LogP) is 3.57. The summed E-state index contributed by atoms with van der Waals surface area (Å²) < 4.78 is 0. The Hall–Kier alpha value is -1.15. The number of hydrogen-bond acceptors (Lipinski definition) is 3. The lowest BCUT2D eigenvalue weighted by Crippen LogP contribution is -2.39. The zero-order valence-electron chi connectivity index (χ0n) is 14.0. The van der Waals surface area contributed by atoms with E-state index in [1.165, 1.54) is 10.6 Å². The van der Waals surface area contributed by atoms with Crippen molar-refractivity contribution >= 4 is 41.3 Å². The van der Waals surface area contributed by atoms with E-state index < -0.39 is 0 Å². The maximum Gasteiger partial charge on any atom is 0.193 e. The van der Waals surface area contributed by atoms with E-state index in [1.54, 1.807) is 11.3 Å². The lowest BCUT2D eigenvalue weighted by atomic mass is 10.2. The standard InChI is InChI=1S/C17H24N4S.HI/c1-4-16-20-15(13-22-16)10-11-19-17(18-2)21(3)12-14-8-6-5-7-9-14;/h5-9,13H,4,10-12H2,1-3H3,(H,18,19);1H. The van der Waals surface area contributed by atoms with Crippen LogP contribution >= 0.6 is 35.3 Å². The van der Waals surface area contributed by atoms with Gasteiger partial charge in [-0.1, -0.05) is 37.3 Å². The normalized spacial score (nSPS) is 11.0. The number of aromatic nitrogens is 1. The number of aliphatic imine (C=N–C) groups is 1. The largest absolute Gasteiger partial charge is 0.356 e. The Labute approximate surface area is 160 Å². The van der Waals surface area contributed by atoms with Crippen LogP contribution in [0.2, 0.25) is 0 Å². The Morgan fingerprint density at radius 1 is 1.30 bits per heavy atom. The quantitative estimate of drug-likeness (QED) is 0.421. The molecule has 4 nitrogen and oxygen atoms in total. The molecule has 0 saturated carbocycles. The minimum Gasteiger partial charge on any atom is -0.356 e. The van der Waals surface area contributed by atoms with E-state index in [2.05, 4.69) is 63.8 Å². The van der Waals surface area contributed by atoms with Crippen molar-refractivity contribution in [3.05, 3.63) is 52.0 Å². The zero-order valence-corrected chi connectivity index (χ0v) is 17.1.